The molecule has 0 aromatic heterocycles. The first kappa shape index (κ1) is 10.9. The molecule has 1 atom stereocenters. The lowest BCUT2D eigenvalue weighted by Crippen LogP contribution is -2.39. The summed E-state index contributed by atoms with van der Waals surface area (Å²) in [6, 6.07) is -0.256. The number of halogens is 2. The van der Waals surface area contributed by atoms with E-state index in [-0.39, 0.29) is 6.42 Å². The van der Waals surface area contributed by atoms with Gasteiger partial charge in [-0.2, -0.15) is 0 Å². The third-order valence-electron chi connectivity index (χ3n) is 2.34. The van der Waals surface area contributed by atoms with Crippen molar-refractivity contribution in [1.29, 1.82) is 0 Å². The Kier molecular flexibility index (Phi) is 3.62. The van der Waals surface area contributed by atoms with Crippen LogP contribution in [-0.2, 0) is 0 Å². The predicted molar refractivity (Wildman–Crippen MR) is 49.1 cm³/mol. The lowest BCUT2D eigenvalue weighted by atomic mass is 10.1. The number of alkyl halides is 2. The van der Waals surface area contributed by atoms with Gasteiger partial charge in [-0.05, 0) is 13.0 Å². The van der Waals surface area contributed by atoms with Gasteiger partial charge in [-0.25, -0.2) is 8.78 Å². The number of nitrogens with one attached hydrogen (secondary N) is 2. The molecule has 0 aliphatic carbocycles. The minimum absolute atomic E-state index is 0.0145. The maximum absolute atomic E-state index is 13.0. The summed E-state index contributed by atoms with van der Waals surface area (Å²) in [5, 5.41) is 5.97. The minimum Gasteiger partial charge on any atom is -0.314 e. The molecule has 0 aromatic carbocycles. The molecule has 78 valence electrons. The SMILES string of the molecule is CC(C)NCCC1NCCC1(F)F. The van der Waals surface area contributed by atoms with Crippen molar-refractivity contribution in [3.8, 4) is 0 Å². The van der Waals surface area contributed by atoms with Gasteiger partial charge in [-0.15, -0.1) is 0 Å². The molecule has 1 saturated heterocycles. The highest BCUT2D eigenvalue weighted by molar-refractivity contribution is 4.90. The maximum atomic E-state index is 13.0. The van der Waals surface area contributed by atoms with Crippen molar-refractivity contribution < 1.29 is 8.78 Å². The molecule has 13 heavy (non-hydrogen) atoms. The number of hydrogen-bond donors (Lipinski definition) is 2. The van der Waals surface area contributed by atoms with Gasteiger partial charge in [0.1, 0.15) is 0 Å². The van der Waals surface area contributed by atoms with Crippen molar-refractivity contribution in [1.82, 2.24) is 10.6 Å². The van der Waals surface area contributed by atoms with Crippen molar-refractivity contribution in [2.24, 2.45) is 0 Å². The van der Waals surface area contributed by atoms with E-state index >= 15 is 0 Å². The van der Waals surface area contributed by atoms with E-state index in [1.165, 1.54) is 0 Å². The summed E-state index contributed by atoms with van der Waals surface area (Å²) in [6.45, 7) is 5.13. The molecule has 1 heterocycles. The fraction of sp³-hybridized carbons (Fsp3) is 1.00. The van der Waals surface area contributed by atoms with Crippen LogP contribution in [0.5, 0.6) is 0 Å². The van der Waals surface area contributed by atoms with Crippen molar-refractivity contribution in [2.45, 2.75) is 44.7 Å². The van der Waals surface area contributed by atoms with E-state index in [1.807, 2.05) is 13.8 Å². The number of hydrogen-bond acceptors (Lipinski definition) is 2. The van der Waals surface area contributed by atoms with Gasteiger partial charge < -0.3 is 10.6 Å². The highest BCUT2D eigenvalue weighted by Crippen LogP contribution is 2.28. The number of rotatable bonds is 4. The average molecular weight is 192 g/mol. The van der Waals surface area contributed by atoms with Crippen LogP contribution >= 0.6 is 0 Å². The lowest BCUT2D eigenvalue weighted by molar-refractivity contribution is -0.0130. The van der Waals surface area contributed by atoms with Crippen LogP contribution in [0.25, 0.3) is 0 Å². The second-order valence-corrected chi connectivity index (χ2v) is 3.92. The highest BCUT2D eigenvalue weighted by Gasteiger charge is 2.42. The van der Waals surface area contributed by atoms with Gasteiger partial charge in [-0.3, -0.25) is 0 Å². The summed E-state index contributed by atoms with van der Waals surface area (Å²) < 4.78 is 26.1. The molecule has 1 aliphatic heterocycles. The first-order chi connectivity index (χ1) is 6.02. The van der Waals surface area contributed by atoms with Crippen LogP contribution < -0.4 is 10.6 Å². The van der Waals surface area contributed by atoms with E-state index in [1.54, 1.807) is 0 Å². The molecule has 1 unspecified atom stereocenters. The summed E-state index contributed by atoms with van der Waals surface area (Å²) in [4.78, 5) is 0. The molecule has 0 aromatic rings. The largest absolute Gasteiger partial charge is 0.314 e. The Hall–Kier alpha value is -0.220. The van der Waals surface area contributed by atoms with Crippen molar-refractivity contribution in [3.63, 3.8) is 0 Å². The van der Waals surface area contributed by atoms with Crippen LogP contribution in [-0.4, -0.2) is 31.1 Å². The van der Waals surface area contributed by atoms with E-state index in [0.717, 1.165) is 0 Å². The maximum Gasteiger partial charge on any atom is 0.264 e. The van der Waals surface area contributed by atoms with E-state index < -0.39 is 12.0 Å². The highest BCUT2D eigenvalue weighted by atomic mass is 19.3. The minimum atomic E-state index is -2.50. The Balaban J connectivity index is 2.21. The molecule has 1 fully saturated rings. The van der Waals surface area contributed by atoms with Crippen molar-refractivity contribution in [3.05, 3.63) is 0 Å². The molecule has 0 saturated carbocycles. The van der Waals surface area contributed by atoms with Crippen LogP contribution in [0.3, 0.4) is 0 Å². The quantitative estimate of drug-likeness (QED) is 0.703. The zero-order chi connectivity index (χ0) is 9.90. The van der Waals surface area contributed by atoms with Crippen LogP contribution in [0, 0.1) is 0 Å². The third-order valence-corrected chi connectivity index (χ3v) is 2.34. The fourth-order valence-corrected chi connectivity index (χ4v) is 1.57. The molecule has 2 nitrogen and oxygen atoms in total. The Labute approximate surface area is 78.1 Å². The topological polar surface area (TPSA) is 24.1 Å². The molecular formula is C9H18F2N2. The van der Waals surface area contributed by atoms with Crippen LogP contribution in [0.4, 0.5) is 8.78 Å². The molecular weight excluding hydrogens is 174 g/mol. The van der Waals surface area contributed by atoms with Gasteiger partial charge >= 0.3 is 0 Å². The van der Waals surface area contributed by atoms with Gasteiger partial charge in [0.25, 0.3) is 5.92 Å². The standard InChI is InChI=1S/C9H18F2N2/c1-7(2)12-5-3-8-9(10,11)4-6-13-8/h7-8,12-13H,3-6H2,1-2H3. The molecule has 4 heteroatoms. The first-order valence-electron chi connectivity index (χ1n) is 4.87. The van der Waals surface area contributed by atoms with Crippen LogP contribution in [0.1, 0.15) is 26.7 Å². The predicted octanol–water partition coefficient (Wildman–Crippen LogP) is 1.37. The molecule has 0 radical (unpaired) electrons. The van der Waals surface area contributed by atoms with E-state index in [0.29, 0.717) is 25.6 Å². The molecule has 1 rings (SSSR count). The van der Waals surface area contributed by atoms with Gasteiger partial charge in [0.2, 0.25) is 0 Å². The molecule has 2 N–H and O–H groups in total. The summed E-state index contributed by atoms with van der Waals surface area (Å²) in [5.74, 6) is -2.50. The van der Waals surface area contributed by atoms with Crippen LogP contribution in [0.15, 0.2) is 0 Å². The Bertz CT molecular complexity index is 160. The van der Waals surface area contributed by atoms with E-state index in [9.17, 15) is 8.78 Å². The third kappa shape index (κ3) is 3.19. The fourth-order valence-electron chi connectivity index (χ4n) is 1.57. The smallest absolute Gasteiger partial charge is 0.264 e. The van der Waals surface area contributed by atoms with Gasteiger partial charge in [0, 0.05) is 19.0 Å². The summed E-state index contributed by atoms with van der Waals surface area (Å²) in [5.41, 5.74) is 0. The van der Waals surface area contributed by atoms with Gasteiger partial charge in [0.15, 0.2) is 0 Å². The lowest BCUT2D eigenvalue weighted by Gasteiger charge is -2.19. The summed E-state index contributed by atoms with van der Waals surface area (Å²) >= 11 is 0. The molecule has 1 aliphatic rings. The van der Waals surface area contributed by atoms with Gasteiger partial charge in [-0.1, -0.05) is 13.8 Å². The van der Waals surface area contributed by atoms with E-state index in [2.05, 4.69) is 10.6 Å². The zero-order valence-corrected chi connectivity index (χ0v) is 8.24. The second-order valence-electron chi connectivity index (χ2n) is 3.92. The summed E-state index contributed by atoms with van der Waals surface area (Å²) in [6.07, 6.45) is 0.491. The van der Waals surface area contributed by atoms with Crippen LogP contribution in [0.2, 0.25) is 0 Å². The van der Waals surface area contributed by atoms with Gasteiger partial charge in [0.05, 0.1) is 6.04 Å². The first-order valence-corrected chi connectivity index (χ1v) is 4.87. The van der Waals surface area contributed by atoms with Crippen molar-refractivity contribution >= 4 is 0 Å². The Morgan fingerprint density at radius 1 is 1.54 bits per heavy atom. The average Bonchev–Trinajstić information content (AvgIpc) is 2.30. The van der Waals surface area contributed by atoms with E-state index in [4.69, 9.17) is 0 Å². The molecule has 0 amide bonds. The zero-order valence-electron chi connectivity index (χ0n) is 8.24. The Morgan fingerprint density at radius 3 is 2.69 bits per heavy atom. The second kappa shape index (κ2) is 4.33. The monoisotopic (exact) mass is 192 g/mol. The summed E-state index contributed by atoms with van der Waals surface area (Å²) in [7, 11) is 0. The Morgan fingerprint density at radius 2 is 2.23 bits per heavy atom. The van der Waals surface area contributed by atoms with Crippen molar-refractivity contribution in [2.75, 3.05) is 13.1 Å². The molecule has 0 bridgehead atoms. The normalized spacial score (nSPS) is 27.0. The molecule has 0 spiro atoms.